The molecule has 1 aromatic carbocycles. The van der Waals surface area contributed by atoms with Crippen molar-refractivity contribution in [1.29, 1.82) is 0 Å². The Kier molecular flexibility index (Phi) is 11.5. The second kappa shape index (κ2) is 13.9. The molecule has 0 aliphatic carbocycles. The van der Waals surface area contributed by atoms with Crippen molar-refractivity contribution in [2.45, 2.75) is 58.9 Å². The molecular formula is C23H39N3OS. The minimum atomic E-state index is 0.866. The molecule has 1 saturated heterocycles. The molecule has 158 valence electrons. The summed E-state index contributed by atoms with van der Waals surface area (Å²) in [4.78, 5) is 4.84. The summed E-state index contributed by atoms with van der Waals surface area (Å²) in [6.07, 6.45) is 7.58. The second-order valence-electron chi connectivity index (χ2n) is 7.86. The van der Waals surface area contributed by atoms with Gasteiger partial charge in [-0.05, 0) is 37.5 Å². The van der Waals surface area contributed by atoms with E-state index in [2.05, 4.69) is 53.2 Å². The van der Waals surface area contributed by atoms with Gasteiger partial charge in [-0.1, -0.05) is 62.4 Å². The minimum absolute atomic E-state index is 0.866. The third-order valence-corrected chi connectivity index (χ3v) is 5.71. The Balaban J connectivity index is 1.80. The third kappa shape index (κ3) is 9.35. The molecule has 1 heterocycles. The zero-order chi connectivity index (χ0) is 20.0. The predicted molar refractivity (Wildman–Crippen MR) is 123 cm³/mol. The maximum atomic E-state index is 5.76. The summed E-state index contributed by atoms with van der Waals surface area (Å²) in [6.45, 7) is 12.2. The second-order valence-corrected chi connectivity index (χ2v) is 8.25. The van der Waals surface area contributed by atoms with E-state index in [0.717, 1.165) is 64.0 Å². The molecule has 0 bridgehead atoms. The fourth-order valence-corrected chi connectivity index (χ4v) is 3.89. The Morgan fingerprint density at radius 3 is 2.68 bits per heavy atom. The summed E-state index contributed by atoms with van der Waals surface area (Å²) in [7, 11) is 0. The zero-order valence-corrected chi connectivity index (χ0v) is 18.7. The molecular weight excluding hydrogens is 366 g/mol. The Bertz CT molecular complexity index is 561. The largest absolute Gasteiger partial charge is 0.379 e. The van der Waals surface area contributed by atoms with Crippen LogP contribution in [0.2, 0.25) is 0 Å². The molecule has 28 heavy (non-hydrogen) atoms. The van der Waals surface area contributed by atoms with E-state index >= 15 is 0 Å². The van der Waals surface area contributed by atoms with E-state index in [1.807, 2.05) is 0 Å². The molecule has 0 radical (unpaired) electrons. The van der Waals surface area contributed by atoms with Gasteiger partial charge in [0, 0.05) is 39.3 Å². The number of aryl methyl sites for hydroxylation is 1. The molecule has 1 N–H and O–H groups in total. The molecule has 0 unspecified atom stereocenters. The molecule has 4 nitrogen and oxygen atoms in total. The number of unbranched alkanes of at least 4 members (excludes halogenated alkanes) is 4. The summed E-state index contributed by atoms with van der Waals surface area (Å²) in [6, 6.07) is 8.76. The van der Waals surface area contributed by atoms with Crippen LogP contribution in [0.3, 0.4) is 0 Å². The maximum absolute atomic E-state index is 5.76. The number of nitrogens with zero attached hydrogens (tertiary/aromatic N) is 2. The number of hydrogen-bond acceptors (Lipinski definition) is 3. The van der Waals surface area contributed by atoms with E-state index in [0.29, 0.717) is 0 Å². The lowest BCUT2D eigenvalue weighted by Gasteiger charge is -2.29. The summed E-state index contributed by atoms with van der Waals surface area (Å²) in [5.74, 6) is 0. The SMILES string of the molecule is CCCCCCCNC(=S)N(CCCN1CCOCC1)Cc1cccc(C)c1. The van der Waals surface area contributed by atoms with Crippen LogP contribution in [0.4, 0.5) is 0 Å². The van der Waals surface area contributed by atoms with Gasteiger partial charge in [-0.3, -0.25) is 4.90 Å². The fraction of sp³-hybridized carbons (Fsp3) is 0.696. The van der Waals surface area contributed by atoms with E-state index in [1.54, 1.807) is 0 Å². The van der Waals surface area contributed by atoms with Crippen molar-refractivity contribution in [3.8, 4) is 0 Å². The van der Waals surface area contributed by atoms with Crippen LogP contribution in [-0.4, -0.2) is 60.8 Å². The van der Waals surface area contributed by atoms with Gasteiger partial charge < -0.3 is 15.0 Å². The third-order valence-electron chi connectivity index (χ3n) is 5.31. The van der Waals surface area contributed by atoms with Crippen molar-refractivity contribution in [1.82, 2.24) is 15.1 Å². The molecule has 0 saturated carbocycles. The van der Waals surface area contributed by atoms with Crippen LogP contribution >= 0.6 is 12.2 Å². The van der Waals surface area contributed by atoms with Crippen LogP contribution < -0.4 is 5.32 Å². The standard InChI is InChI=1S/C23H39N3OS/c1-3-4-5-6-7-12-24-23(28)26(20-22-11-8-10-21(2)19-22)14-9-13-25-15-17-27-18-16-25/h8,10-11,19H,3-7,9,12-18,20H2,1-2H3,(H,24,28). The lowest BCUT2D eigenvalue weighted by Crippen LogP contribution is -2.42. The summed E-state index contributed by atoms with van der Waals surface area (Å²) in [5.41, 5.74) is 2.64. The van der Waals surface area contributed by atoms with Gasteiger partial charge in [0.1, 0.15) is 0 Å². The highest BCUT2D eigenvalue weighted by Crippen LogP contribution is 2.10. The summed E-state index contributed by atoms with van der Waals surface area (Å²) < 4.78 is 5.45. The van der Waals surface area contributed by atoms with Gasteiger partial charge in [0.05, 0.1) is 13.2 Å². The highest BCUT2D eigenvalue weighted by Gasteiger charge is 2.13. The highest BCUT2D eigenvalue weighted by atomic mass is 32.1. The first-order valence-electron chi connectivity index (χ1n) is 11.1. The Morgan fingerprint density at radius 1 is 1.14 bits per heavy atom. The van der Waals surface area contributed by atoms with Crippen LogP contribution in [0.1, 0.15) is 56.6 Å². The minimum Gasteiger partial charge on any atom is -0.379 e. The quantitative estimate of drug-likeness (QED) is 0.412. The summed E-state index contributed by atoms with van der Waals surface area (Å²) >= 11 is 5.76. The van der Waals surface area contributed by atoms with E-state index < -0.39 is 0 Å². The number of morpholine rings is 1. The van der Waals surface area contributed by atoms with Crippen molar-refractivity contribution in [2.24, 2.45) is 0 Å². The molecule has 5 heteroatoms. The number of hydrogen-bond donors (Lipinski definition) is 1. The van der Waals surface area contributed by atoms with E-state index in [9.17, 15) is 0 Å². The van der Waals surface area contributed by atoms with Crippen LogP contribution in [0.25, 0.3) is 0 Å². The van der Waals surface area contributed by atoms with Gasteiger partial charge in [-0.2, -0.15) is 0 Å². The molecule has 1 aliphatic rings. The molecule has 1 aliphatic heterocycles. The van der Waals surface area contributed by atoms with Crippen LogP contribution in [0, 0.1) is 6.92 Å². The van der Waals surface area contributed by atoms with E-state index in [4.69, 9.17) is 17.0 Å². The Labute approximate surface area is 177 Å². The number of nitrogens with one attached hydrogen (secondary N) is 1. The number of thiocarbonyl (C=S) groups is 1. The molecule has 0 amide bonds. The zero-order valence-electron chi connectivity index (χ0n) is 17.9. The smallest absolute Gasteiger partial charge is 0.169 e. The fourth-order valence-electron chi connectivity index (χ4n) is 3.63. The van der Waals surface area contributed by atoms with Crippen LogP contribution in [0.5, 0.6) is 0 Å². The monoisotopic (exact) mass is 405 g/mol. The number of ether oxygens (including phenoxy) is 1. The number of rotatable bonds is 12. The van der Waals surface area contributed by atoms with Crippen molar-refractivity contribution >= 4 is 17.3 Å². The molecule has 1 aromatic rings. The van der Waals surface area contributed by atoms with Gasteiger partial charge in [0.15, 0.2) is 5.11 Å². The molecule has 0 atom stereocenters. The summed E-state index contributed by atoms with van der Waals surface area (Å²) in [5, 5.41) is 4.41. The van der Waals surface area contributed by atoms with Crippen LogP contribution in [0.15, 0.2) is 24.3 Å². The molecule has 1 fully saturated rings. The van der Waals surface area contributed by atoms with E-state index in [1.165, 1.54) is 43.2 Å². The highest BCUT2D eigenvalue weighted by molar-refractivity contribution is 7.80. The Morgan fingerprint density at radius 2 is 1.93 bits per heavy atom. The normalized spacial score (nSPS) is 14.8. The first kappa shape index (κ1) is 23.1. The molecule has 0 aromatic heterocycles. The first-order valence-corrected chi connectivity index (χ1v) is 11.5. The van der Waals surface area contributed by atoms with Crippen molar-refractivity contribution < 1.29 is 4.74 Å². The first-order chi connectivity index (χ1) is 13.7. The van der Waals surface area contributed by atoms with Crippen molar-refractivity contribution in [3.63, 3.8) is 0 Å². The topological polar surface area (TPSA) is 27.7 Å². The molecule has 0 spiro atoms. The average Bonchev–Trinajstić information content (AvgIpc) is 2.70. The van der Waals surface area contributed by atoms with Gasteiger partial charge in [0.25, 0.3) is 0 Å². The van der Waals surface area contributed by atoms with Crippen molar-refractivity contribution in [2.75, 3.05) is 45.9 Å². The molecule has 2 rings (SSSR count). The van der Waals surface area contributed by atoms with Gasteiger partial charge in [0.2, 0.25) is 0 Å². The van der Waals surface area contributed by atoms with E-state index in [-0.39, 0.29) is 0 Å². The number of benzene rings is 1. The predicted octanol–water partition coefficient (Wildman–Crippen LogP) is 4.36. The van der Waals surface area contributed by atoms with Crippen molar-refractivity contribution in [3.05, 3.63) is 35.4 Å². The van der Waals surface area contributed by atoms with Gasteiger partial charge >= 0.3 is 0 Å². The van der Waals surface area contributed by atoms with Gasteiger partial charge in [-0.25, -0.2) is 0 Å². The lowest BCUT2D eigenvalue weighted by atomic mass is 10.1. The van der Waals surface area contributed by atoms with Gasteiger partial charge in [-0.15, -0.1) is 0 Å². The van der Waals surface area contributed by atoms with Crippen LogP contribution in [-0.2, 0) is 11.3 Å². The average molecular weight is 406 g/mol. The Hall–Kier alpha value is -1.17. The maximum Gasteiger partial charge on any atom is 0.169 e. The lowest BCUT2D eigenvalue weighted by molar-refractivity contribution is 0.0367.